The normalized spacial score (nSPS) is 16.3. The molecule has 0 N–H and O–H groups in total. The van der Waals surface area contributed by atoms with Gasteiger partial charge in [0, 0.05) is 37.5 Å². The molecule has 1 atom stereocenters. The molecule has 4 nitrogen and oxygen atoms in total. The summed E-state index contributed by atoms with van der Waals surface area (Å²) in [6.45, 7) is 6.67. The SMILES string of the molecule is CCOC/C=C/c1cc(-c2ccccc2C)ccc1N1CC[C@H](Oc2ccc(C(F)(F)F)cn2)C1. The molecule has 35 heavy (non-hydrogen) atoms. The molecule has 0 unspecified atom stereocenters. The van der Waals surface area contributed by atoms with Gasteiger partial charge in [-0.25, -0.2) is 4.98 Å². The van der Waals surface area contributed by atoms with Gasteiger partial charge in [-0.2, -0.15) is 13.2 Å². The number of anilines is 1. The van der Waals surface area contributed by atoms with E-state index in [0.29, 0.717) is 19.8 Å². The Labute approximate surface area is 204 Å². The van der Waals surface area contributed by atoms with E-state index in [0.717, 1.165) is 42.0 Å². The third-order valence-corrected chi connectivity index (χ3v) is 6.04. The van der Waals surface area contributed by atoms with Gasteiger partial charge in [0.15, 0.2) is 0 Å². The molecule has 1 aliphatic heterocycles. The first kappa shape index (κ1) is 24.8. The Bertz CT molecular complexity index is 1160. The van der Waals surface area contributed by atoms with Crippen LogP contribution in [-0.4, -0.2) is 37.4 Å². The Hall–Kier alpha value is -3.32. The molecule has 0 saturated carbocycles. The van der Waals surface area contributed by atoms with Gasteiger partial charge in [0.25, 0.3) is 0 Å². The molecule has 0 bridgehead atoms. The summed E-state index contributed by atoms with van der Waals surface area (Å²) in [6, 6.07) is 17.0. The molecule has 1 fully saturated rings. The molecular weight excluding hydrogens is 453 g/mol. The average molecular weight is 483 g/mol. The molecule has 3 aromatic rings. The standard InChI is InChI=1S/C28H29F3N2O2/c1-3-34-16-6-8-22-17-21(25-9-5-4-7-20(25)2)10-12-26(22)33-15-14-24(19-33)35-27-13-11-23(18-32-27)28(29,30)31/h4-13,17-18,24H,3,14-16,19H2,1-2H3/b8-6+/t24-/m0/s1. The zero-order valence-corrected chi connectivity index (χ0v) is 19.9. The highest BCUT2D eigenvalue weighted by molar-refractivity contribution is 5.77. The second-order valence-corrected chi connectivity index (χ2v) is 8.51. The largest absolute Gasteiger partial charge is 0.472 e. The number of halogens is 3. The van der Waals surface area contributed by atoms with Crippen molar-refractivity contribution in [1.82, 2.24) is 4.98 Å². The average Bonchev–Trinajstić information content (AvgIpc) is 3.30. The number of aromatic nitrogens is 1. The number of ether oxygens (including phenoxy) is 2. The van der Waals surface area contributed by atoms with Crippen molar-refractivity contribution in [3.05, 3.63) is 83.6 Å². The molecule has 7 heteroatoms. The minimum absolute atomic E-state index is 0.157. The summed E-state index contributed by atoms with van der Waals surface area (Å²) in [5, 5.41) is 0. The Morgan fingerprint density at radius 3 is 2.66 bits per heavy atom. The van der Waals surface area contributed by atoms with Crippen LogP contribution in [0.5, 0.6) is 5.88 Å². The molecule has 0 aliphatic carbocycles. The van der Waals surface area contributed by atoms with Crippen LogP contribution in [0.4, 0.5) is 18.9 Å². The van der Waals surface area contributed by atoms with Crippen LogP contribution in [0.1, 0.15) is 30.0 Å². The highest BCUT2D eigenvalue weighted by Gasteiger charge is 2.31. The first-order valence-electron chi connectivity index (χ1n) is 11.7. The van der Waals surface area contributed by atoms with Crippen molar-refractivity contribution in [2.45, 2.75) is 32.5 Å². The second kappa shape index (κ2) is 11.0. The molecule has 0 spiro atoms. The van der Waals surface area contributed by atoms with Crippen LogP contribution in [-0.2, 0) is 10.9 Å². The van der Waals surface area contributed by atoms with Gasteiger partial charge in [-0.05, 0) is 54.3 Å². The molecule has 1 saturated heterocycles. The molecule has 4 rings (SSSR count). The van der Waals surface area contributed by atoms with E-state index in [4.69, 9.17) is 9.47 Å². The third-order valence-electron chi connectivity index (χ3n) is 6.04. The highest BCUT2D eigenvalue weighted by atomic mass is 19.4. The van der Waals surface area contributed by atoms with Gasteiger partial charge in [-0.1, -0.05) is 42.5 Å². The summed E-state index contributed by atoms with van der Waals surface area (Å²) in [7, 11) is 0. The Kier molecular flexibility index (Phi) is 7.76. The molecule has 184 valence electrons. The van der Waals surface area contributed by atoms with E-state index in [1.807, 2.05) is 25.1 Å². The van der Waals surface area contributed by atoms with E-state index in [9.17, 15) is 13.2 Å². The number of rotatable bonds is 8. The minimum Gasteiger partial charge on any atom is -0.472 e. The van der Waals surface area contributed by atoms with Gasteiger partial charge in [0.2, 0.25) is 5.88 Å². The topological polar surface area (TPSA) is 34.6 Å². The van der Waals surface area contributed by atoms with E-state index in [1.54, 1.807) is 0 Å². The van der Waals surface area contributed by atoms with E-state index < -0.39 is 11.7 Å². The molecule has 0 amide bonds. The van der Waals surface area contributed by atoms with Gasteiger partial charge in [0.05, 0.1) is 18.7 Å². The number of benzene rings is 2. The van der Waals surface area contributed by atoms with E-state index in [-0.39, 0.29) is 12.0 Å². The van der Waals surface area contributed by atoms with Crippen molar-refractivity contribution in [3.8, 4) is 17.0 Å². The number of hydrogen-bond donors (Lipinski definition) is 0. The molecule has 2 aromatic carbocycles. The lowest BCUT2D eigenvalue weighted by molar-refractivity contribution is -0.137. The zero-order chi connectivity index (χ0) is 24.8. The summed E-state index contributed by atoms with van der Waals surface area (Å²) >= 11 is 0. The third kappa shape index (κ3) is 6.22. The maximum atomic E-state index is 12.8. The van der Waals surface area contributed by atoms with Crippen LogP contribution in [0.3, 0.4) is 0 Å². The summed E-state index contributed by atoms with van der Waals surface area (Å²) in [4.78, 5) is 6.10. The lowest BCUT2D eigenvalue weighted by atomic mass is 9.97. The fraction of sp³-hybridized carbons (Fsp3) is 0.321. The van der Waals surface area contributed by atoms with Crippen molar-refractivity contribution in [2.75, 3.05) is 31.2 Å². The fourth-order valence-corrected chi connectivity index (χ4v) is 4.23. The van der Waals surface area contributed by atoms with E-state index in [1.165, 1.54) is 17.2 Å². The zero-order valence-electron chi connectivity index (χ0n) is 19.9. The number of aryl methyl sites for hydroxylation is 1. The second-order valence-electron chi connectivity index (χ2n) is 8.51. The minimum atomic E-state index is -4.41. The van der Waals surface area contributed by atoms with Crippen molar-refractivity contribution in [1.29, 1.82) is 0 Å². The lowest BCUT2D eigenvalue weighted by Gasteiger charge is -2.22. The maximum absolute atomic E-state index is 12.8. The van der Waals surface area contributed by atoms with Gasteiger partial charge in [0.1, 0.15) is 6.10 Å². The molecule has 2 heterocycles. The van der Waals surface area contributed by atoms with Crippen molar-refractivity contribution in [3.63, 3.8) is 0 Å². The van der Waals surface area contributed by atoms with Crippen LogP contribution in [0.25, 0.3) is 17.2 Å². The van der Waals surface area contributed by atoms with Crippen molar-refractivity contribution in [2.24, 2.45) is 0 Å². The highest BCUT2D eigenvalue weighted by Crippen LogP contribution is 2.33. The van der Waals surface area contributed by atoms with Crippen LogP contribution in [0.15, 0.2) is 66.9 Å². The van der Waals surface area contributed by atoms with Crippen molar-refractivity contribution >= 4 is 11.8 Å². The van der Waals surface area contributed by atoms with Gasteiger partial charge < -0.3 is 14.4 Å². The van der Waals surface area contributed by atoms with Crippen LogP contribution in [0.2, 0.25) is 0 Å². The van der Waals surface area contributed by atoms with Crippen LogP contribution >= 0.6 is 0 Å². The fourth-order valence-electron chi connectivity index (χ4n) is 4.23. The summed E-state index contributed by atoms with van der Waals surface area (Å²) in [5.41, 5.74) is 4.93. The number of pyridine rings is 1. The smallest absolute Gasteiger partial charge is 0.417 e. The summed E-state index contributed by atoms with van der Waals surface area (Å²) < 4.78 is 49.7. The van der Waals surface area contributed by atoms with Crippen LogP contribution in [0, 0.1) is 6.92 Å². The van der Waals surface area contributed by atoms with Gasteiger partial charge in [-0.15, -0.1) is 0 Å². The Morgan fingerprint density at radius 1 is 1.11 bits per heavy atom. The predicted molar refractivity (Wildman–Crippen MR) is 133 cm³/mol. The predicted octanol–water partition coefficient (Wildman–Crippen LogP) is 6.78. The quantitative estimate of drug-likeness (QED) is 0.332. The summed E-state index contributed by atoms with van der Waals surface area (Å²) in [6.07, 6.45) is 1.10. The molecule has 0 radical (unpaired) electrons. The Morgan fingerprint density at radius 2 is 1.94 bits per heavy atom. The van der Waals surface area contributed by atoms with E-state index >= 15 is 0 Å². The Balaban J connectivity index is 1.52. The van der Waals surface area contributed by atoms with Gasteiger partial charge in [-0.3, -0.25) is 0 Å². The maximum Gasteiger partial charge on any atom is 0.417 e. The number of alkyl halides is 3. The van der Waals surface area contributed by atoms with Crippen LogP contribution < -0.4 is 9.64 Å². The number of nitrogens with zero attached hydrogens (tertiary/aromatic N) is 2. The first-order chi connectivity index (χ1) is 16.8. The number of hydrogen-bond acceptors (Lipinski definition) is 4. The van der Waals surface area contributed by atoms with Crippen molar-refractivity contribution < 1.29 is 22.6 Å². The first-order valence-corrected chi connectivity index (χ1v) is 11.7. The van der Waals surface area contributed by atoms with E-state index in [2.05, 4.69) is 53.2 Å². The summed E-state index contributed by atoms with van der Waals surface area (Å²) in [5.74, 6) is 0.205. The molecule has 1 aliphatic rings. The van der Waals surface area contributed by atoms with Gasteiger partial charge >= 0.3 is 6.18 Å². The lowest BCUT2D eigenvalue weighted by Crippen LogP contribution is -2.25. The molecular formula is C28H29F3N2O2. The monoisotopic (exact) mass is 482 g/mol. The molecule has 1 aromatic heterocycles.